The number of aliphatic hydroxyl groups excluding tert-OH is 1. The van der Waals surface area contributed by atoms with Crippen LogP contribution < -0.4 is 0 Å². The summed E-state index contributed by atoms with van der Waals surface area (Å²) >= 11 is 5.93. The fraction of sp³-hybridized carbons (Fsp3) is 0.346. The van der Waals surface area contributed by atoms with Gasteiger partial charge < -0.3 is 14.6 Å². The van der Waals surface area contributed by atoms with Crippen molar-refractivity contribution in [3.05, 3.63) is 81.4 Å². The van der Waals surface area contributed by atoms with Crippen molar-refractivity contribution in [2.45, 2.75) is 33.2 Å². The van der Waals surface area contributed by atoms with E-state index in [2.05, 4.69) is 0 Å². The largest absolute Gasteiger partial charge is 0.396 e. The summed E-state index contributed by atoms with van der Waals surface area (Å²) in [7, 11) is 1.55. The minimum absolute atomic E-state index is 0.0147. The van der Waals surface area contributed by atoms with E-state index in [0.717, 1.165) is 6.07 Å². The van der Waals surface area contributed by atoms with Gasteiger partial charge in [0.2, 0.25) is 0 Å². The van der Waals surface area contributed by atoms with Crippen LogP contribution >= 0.6 is 11.6 Å². The van der Waals surface area contributed by atoms with Crippen LogP contribution in [-0.2, 0) is 12.5 Å². The number of aromatic nitrogens is 1. The number of halogens is 4. The summed E-state index contributed by atoms with van der Waals surface area (Å²) in [5.74, 6) is -4.61. The van der Waals surface area contributed by atoms with Gasteiger partial charge in [-0.25, -0.2) is 4.39 Å². The second kappa shape index (κ2) is 8.47. The van der Waals surface area contributed by atoms with E-state index in [1.54, 1.807) is 39.1 Å². The molecule has 0 atom stereocenters. The Balaban J connectivity index is 1.99. The molecule has 3 aromatic rings. The highest BCUT2D eigenvalue weighted by Gasteiger charge is 2.47. The minimum atomic E-state index is -3.38. The lowest BCUT2D eigenvalue weighted by Gasteiger charge is -2.31. The second-order valence-electron chi connectivity index (χ2n) is 9.62. The molecule has 1 aliphatic rings. The zero-order valence-electron chi connectivity index (χ0n) is 19.4. The van der Waals surface area contributed by atoms with Crippen LogP contribution in [0.1, 0.15) is 46.7 Å². The number of nitrogens with zero attached hydrogens (tertiary/aromatic N) is 2. The number of amides is 1. The number of carbonyl (C=O) groups is 1. The summed E-state index contributed by atoms with van der Waals surface area (Å²) in [5, 5.41) is 9.82. The number of aliphatic hydroxyl groups is 1. The van der Waals surface area contributed by atoms with Crippen LogP contribution in [0.3, 0.4) is 0 Å². The van der Waals surface area contributed by atoms with Gasteiger partial charge in [0.05, 0.1) is 5.69 Å². The summed E-state index contributed by atoms with van der Waals surface area (Å²) in [6, 6.07) is 10.2. The van der Waals surface area contributed by atoms with Crippen LogP contribution in [0.5, 0.6) is 0 Å². The zero-order chi connectivity index (χ0) is 25.0. The molecule has 2 aromatic carbocycles. The first-order chi connectivity index (χ1) is 15.9. The fourth-order valence-corrected chi connectivity index (χ4v) is 4.92. The van der Waals surface area contributed by atoms with Crippen molar-refractivity contribution >= 4 is 17.5 Å². The van der Waals surface area contributed by atoms with Gasteiger partial charge in [0.15, 0.2) is 0 Å². The van der Waals surface area contributed by atoms with E-state index in [4.69, 9.17) is 11.6 Å². The molecule has 4 rings (SSSR count). The van der Waals surface area contributed by atoms with Crippen molar-refractivity contribution in [3.63, 3.8) is 0 Å². The molecule has 180 valence electrons. The lowest BCUT2D eigenvalue weighted by Crippen LogP contribution is -2.39. The molecule has 8 heteroatoms. The Hall–Kier alpha value is -2.77. The number of rotatable bonds is 5. The third-order valence-corrected chi connectivity index (χ3v) is 6.57. The lowest BCUT2D eigenvalue weighted by atomic mass is 9.92. The molecule has 4 nitrogen and oxygen atoms in total. The van der Waals surface area contributed by atoms with E-state index in [-0.39, 0.29) is 58.4 Å². The smallest absolute Gasteiger partial charge is 0.313 e. The van der Waals surface area contributed by atoms with Gasteiger partial charge in [-0.2, -0.15) is 8.78 Å². The number of carbonyl (C=O) groups excluding carboxylic acids is 1. The molecule has 2 heterocycles. The molecule has 0 bridgehead atoms. The molecule has 0 spiro atoms. The van der Waals surface area contributed by atoms with E-state index in [9.17, 15) is 9.90 Å². The van der Waals surface area contributed by atoms with Crippen LogP contribution in [0, 0.1) is 18.2 Å². The SMILES string of the molecule is Cc1c(-c2ccc(Cl)cc2F)c(C(=O)N(C)CC(C)(C)CO)n2c1C(F)(F)c1ccccc1C2. The molecule has 1 N–H and O–H groups in total. The van der Waals surface area contributed by atoms with Crippen LogP contribution in [0.4, 0.5) is 13.2 Å². The van der Waals surface area contributed by atoms with Crippen molar-refractivity contribution in [1.82, 2.24) is 9.47 Å². The third kappa shape index (κ3) is 3.91. The third-order valence-electron chi connectivity index (χ3n) is 6.33. The van der Waals surface area contributed by atoms with Gasteiger partial charge in [0.25, 0.3) is 5.91 Å². The van der Waals surface area contributed by atoms with Crippen LogP contribution in [-0.4, -0.2) is 40.7 Å². The molecule has 0 saturated heterocycles. The van der Waals surface area contributed by atoms with Crippen LogP contribution in [0.25, 0.3) is 11.1 Å². The summed E-state index contributed by atoms with van der Waals surface area (Å²) < 4.78 is 48.0. The van der Waals surface area contributed by atoms with Gasteiger partial charge in [-0.3, -0.25) is 4.79 Å². The Morgan fingerprint density at radius 2 is 1.91 bits per heavy atom. The Labute approximate surface area is 201 Å². The summed E-state index contributed by atoms with van der Waals surface area (Å²) in [4.78, 5) is 15.1. The highest BCUT2D eigenvalue weighted by Crippen LogP contribution is 2.48. The van der Waals surface area contributed by atoms with Gasteiger partial charge >= 0.3 is 5.92 Å². The first-order valence-electron chi connectivity index (χ1n) is 10.9. The first-order valence-corrected chi connectivity index (χ1v) is 11.3. The van der Waals surface area contributed by atoms with E-state index >= 15 is 13.2 Å². The quantitative estimate of drug-likeness (QED) is 0.487. The maximum atomic E-state index is 15.8. The maximum absolute atomic E-state index is 15.8. The highest BCUT2D eigenvalue weighted by atomic mass is 35.5. The molecule has 1 amide bonds. The van der Waals surface area contributed by atoms with Crippen molar-refractivity contribution < 1.29 is 23.1 Å². The Morgan fingerprint density at radius 3 is 2.56 bits per heavy atom. The predicted octanol–water partition coefficient (Wildman–Crippen LogP) is 5.85. The van der Waals surface area contributed by atoms with Gasteiger partial charge in [0.1, 0.15) is 11.5 Å². The van der Waals surface area contributed by atoms with Crippen LogP contribution in [0.2, 0.25) is 5.02 Å². The molecule has 0 saturated carbocycles. The molecule has 1 aliphatic heterocycles. The van der Waals surface area contributed by atoms with Crippen molar-refractivity contribution in [1.29, 1.82) is 0 Å². The summed E-state index contributed by atoms with van der Waals surface area (Å²) in [6.07, 6.45) is 0. The van der Waals surface area contributed by atoms with Gasteiger partial charge in [-0.15, -0.1) is 0 Å². The molecular formula is C26H26ClF3N2O2. The van der Waals surface area contributed by atoms with E-state index in [0.29, 0.717) is 5.56 Å². The second-order valence-corrected chi connectivity index (χ2v) is 10.1. The number of hydrogen-bond acceptors (Lipinski definition) is 2. The van der Waals surface area contributed by atoms with E-state index in [1.165, 1.54) is 34.6 Å². The van der Waals surface area contributed by atoms with Crippen molar-refractivity contribution in [2.24, 2.45) is 5.41 Å². The average molecular weight is 491 g/mol. The lowest BCUT2D eigenvalue weighted by molar-refractivity contribution is 0.0273. The Morgan fingerprint density at radius 1 is 1.24 bits per heavy atom. The predicted molar refractivity (Wildman–Crippen MR) is 126 cm³/mol. The molecular weight excluding hydrogens is 465 g/mol. The first kappa shape index (κ1) is 24.4. The molecule has 0 aliphatic carbocycles. The molecule has 0 radical (unpaired) electrons. The molecule has 1 aromatic heterocycles. The van der Waals surface area contributed by atoms with E-state index < -0.39 is 23.1 Å². The summed E-state index contributed by atoms with van der Waals surface area (Å²) in [6.45, 7) is 5.14. The van der Waals surface area contributed by atoms with Crippen molar-refractivity contribution in [2.75, 3.05) is 20.2 Å². The highest BCUT2D eigenvalue weighted by molar-refractivity contribution is 6.30. The standard InChI is InChI=1S/C26H26ClF3N2O2/c1-15-21(18-10-9-17(27)11-20(18)28)22(24(34)31(4)13-25(2,3)14-33)32-12-16-7-5-6-8-19(16)26(29,30)23(15)32/h5-11,33H,12-14H2,1-4H3. The topological polar surface area (TPSA) is 45.5 Å². The fourth-order valence-electron chi connectivity index (χ4n) is 4.76. The number of alkyl halides is 2. The summed E-state index contributed by atoms with van der Waals surface area (Å²) in [5.41, 5.74) is -0.395. The maximum Gasteiger partial charge on any atom is 0.313 e. The molecule has 0 fully saturated rings. The zero-order valence-corrected chi connectivity index (χ0v) is 20.2. The Kier molecular flexibility index (Phi) is 6.07. The number of fused-ring (bicyclic) bond motifs is 2. The minimum Gasteiger partial charge on any atom is -0.396 e. The number of hydrogen-bond donors (Lipinski definition) is 1. The molecule has 0 unspecified atom stereocenters. The van der Waals surface area contributed by atoms with Gasteiger partial charge in [0, 0.05) is 53.9 Å². The number of benzene rings is 2. The Bertz CT molecular complexity index is 1280. The van der Waals surface area contributed by atoms with E-state index in [1.807, 2.05) is 0 Å². The van der Waals surface area contributed by atoms with Crippen molar-refractivity contribution in [3.8, 4) is 11.1 Å². The normalized spacial score (nSPS) is 14.5. The van der Waals surface area contributed by atoms with Gasteiger partial charge in [-0.05, 0) is 36.2 Å². The monoisotopic (exact) mass is 490 g/mol. The van der Waals surface area contributed by atoms with Gasteiger partial charge in [-0.1, -0.05) is 49.7 Å². The molecule has 34 heavy (non-hydrogen) atoms. The van der Waals surface area contributed by atoms with Crippen LogP contribution in [0.15, 0.2) is 42.5 Å². The average Bonchev–Trinajstić information content (AvgIpc) is 3.05.